The number of H-pyrrole nitrogens is 2. The van der Waals surface area contributed by atoms with Crippen LogP contribution in [0.4, 0.5) is 11.9 Å². The molecule has 0 saturated carbocycles. The van der Waals surface area contributed by atoms with Gasteiger partial charge in [-0.3, -0.25) is 10.2 Å². The second kappa shape index (κ2) is 15.0. The van der Waals surface area contributed by atoms with Gasteiger partial charge < -0.3 is 24.7 Å². The van der Waals surface area contributed by atoms with E-state index < -0.39 is 8.80 Å². The molecule has 0 aliphatic rings. The van der Waals surface area contributed by atoms with Crippen LogP contribution in [0, 0.1) is 0 Å². The fourth-order valence-corrected chi connectivity index (χ4v) is 6.73. The summed E-state index contributed by atoms with van der Waals surface area (Å²) in [6, 6.07) is 0.800. The molecular formula is C21H42N8O3Si. The van der Waals surface area contributed by atoms with Gasteiger partial charge in [0, 0.05) is 38.2 Å². The molecule has 2 aromatic heterocycles. The minimum absolute atomic E-state index is 0.281. The van der Waals surface area contributed by atoms with Crippen molar-refractivity contribution in [3.63, 3.8) is 0 Å². The van der Waals surface area contributed by atoms with E-state index in [4.69, 9.17) is 24.7 Å². The molecule has 2 rings (SSSR count). The topological polar surface area (TPSA) is 163 Å². The zero-order chi connectivity index (χ0) is 23.9. The number of anilines is 2. The highest BCUT2D eigenvalue weighted by Gasteiger charge is 2.39. The van der Waals surface area contributed by atoms with Crippen LogP contribution in [-0.4, -0.2) is 59.0 Å². The molecule has 188 valence electrons. The Hall–Kier alpha value is -2.02. The van der Waals surface area contributed by atoms with E-state index in [-0.39, 0.29) is 5.92 Å². The van der Waals surface area contributed by atoms with Crippen LogP contribution in [-0.2, 0) is 19.7 Å². The molecule has 2 heterocycles. The Balaban J connectivity index is 1.77. The second-order valence-electron chi connectivity index (χ2n) is 8.10. The average Bonchev–Trinajstić information content (AvgIpc) is 3.40. The fraction of sp³-hybridized carbons (Fsp3) is 0.810. The number of unbranched alkanes of at least 4 members (excludes halogenated alkanes) is 4. The zero-order valence-corrected chi connectivity index (χ0v) is 21.4. The van der Waals surface area contributed by atoms with Gasteiger partial charge in [-0.1, -0.05) is 25.7 Å². The molecule has 0 fully saturated rings. The third-order valence-corrected chi connectivity index (χ3v) is 8.70. The lowest BCUT2D eigenvalue weighted by Crippen LogP contribution is -2.45. The maximum atomic E-state index is 5.99. The van der Waals surface area contributed by atoms with Crippen LogP contribution in [0.5, 0.6) is 0 Å². The summed E-state index contributed by atoms with van der Waals surface area (Å²) in [5.74, 6) is 2.62. The van der Waals surface area contributed by atoms with Gasteiger partial charge in [-0.25, -0.2) is 0 Å². The molecule has 0 bridgehead atoms. The van der Waals surface area contributed by atoms with Gasteiger partial charge in [-0.05, 0) is 46.5 Å². The SMILES string of the molecule is CCO[Si](CCCC(CCCCCCCc1nc(N)n[nH]1)c1nc(N)n[nH]1)(OCC)OCC. The van der Waals surface area contributed by atoms with Gasteiger partial charge in [-0.2, -0.15) is 9.97 Å². The summed E-state index contributed by atoms with van der Waals surface area (Å²) in [4.78, 5) is 8.55. The molecule has 12 heteroatoms. The number of aryl methyl sites for hydroxylation is 1. The van der Waals surface area contributed by atoms with Gasteiger partial charge in [0.15, 0.2) is 0 Å². The minimum atomic E-state index is -2.63. The number of nitrogens with two attached hydrogens (primary N) is 2. The molecule has 1 atom stereocenters. The van der Waals surface area contributed by atoms with Crippen molar-refractivity contribution in [1.29, 1.82) is 0 Å². The molecule has 1 unspecified atom stereocenters. The van der Waals surface area contributed by atoms with E-state index in [9.17, 15) is 0 Å². The molecule has 0 saturated heterocycles. The first kappa shape index (κ1) is 27.2. The Morgan fingerprint density at radius 2 is 1.33 bits per heavy atom. The van der Waals surface area contributed by atoms with Gasteiger partial charge in [-0.15, -0.1) is 10.2 Å². The van der Waals surface area contributed by atoms with Crippen LogP contribution in [0.25, 0.3) is 0 Å². The van der Waals surface area contributed by atoms with Crippen LogP contribution < -0.4 is 11.5 Å². The second-order valence-corrected chi connectivity index (χ2v) is 10.8. The predicted molar refractivity (Wildman–Crippen MR) is 130 cm³/mol. The summed E-state index contributed by atoms with van der Waals surface area (Å²) in [7, 11) is -2.63. The van der Waals surface area contributed by atoms with E-state index in [2.05, 4.69) is 30.4 Å². The minimum Gasteiger partial charge on any atom is -0.374 e. The summed E-state index contributed by atoms with van der Waals surface area (Å²) in [5.41, 5.74) is 11.3. The smallest absolute Gasteiger partial charge is 0.374 e. The van der Waals surface area contributed by atoms with Crippen LogP contribution in [0.1, 0.15) is 89.7 Å². The summed E-state index contributed by atoms with van der Waals surface area (Å²) < 4.78 is 18.0. The summed E-state index contributed by atoms with van der Waals surface area (Å²) in [5, 5.41) is 13.8. The fourth-order valence-electron chi connectivity index (χ4n) is 4.09. The monoisotopic (exact) mass is 482 g/mol. The van der Waals surface area contributed by atoms with Gasteiger partial charge in [0.05, 0.1) is 0 Å². The van der Waals surface area contributed by atoms with E-state index in [0.29, 0.717) is 31.7 Å². The molecular weight excluding hydrogens is 440 g/mol. The lowest BCUT2D eigenvalue weighted by atomic mass is 9.95. The summed E-state index contributed by atoms with van der Waals surface area (Å²) in [6.45, 7) is 7.75. The first-order valence-electron chi connectivity index (χ1n) is 12.3. The quantitative estimate of drug-likeness (QED) is 0.173. The Morgan fingerprint density at radius 1 is 0.758 bits per heavy atom. The largest absolute Gasteiger partial charge is 0.500 e. The number of aromatic nitrogens is 6. The molecule has 0 aliphatic carbocycles. The molecule has 33 heavy (non-hydrogen) atoms. The first-order valence-corrected chi connectivity index (χ1v) is 14.2. The van der Waals surface area contributed by atoms with Crippen molar-refractivity contribution in [3.05, 3.63) is 11.6 Å². The van der Waals surface area contributed by atoms with Crippen molar-refractivity contribution >= 4 is 20.7 Å². The Morgan fingerprint density at radius 3 is 1.91 bits per heavy atom. The number of nitrogen functional groups attached to an aromatic ring is 2. The third kappa shape index (κ3) is 9.78. The standard InChI is InChI=1S/C21H42N8O3Si/c1-4-30-33(31-5-2,32-6-3)16-12-14-17(19-25-21(23)29-27-19)13-10-8-7-9-11-15-18-24-20(22)28-26-18/h17H,4-16H2,1-3H3,(H3,22,24,26,28)(H3,23,25,27,29). The molecule has 2 aromatic rings. The molecule has 0 radical (unpaired) electrons. The van der Waals surface area contributed by atoms with Crippen molar-refractivity contribution in [2.75, 3.05) is 31.3 Å². The molecule has 6 N–H and O–H groups in total. The van der Waals surface area contributed by atoms with E-state index in [1.807, 2.05) is 20.8 Å². The maximum Gasteiger partial charge on any atom is 0.500 e. The lowest BCUT2D eigenvalue weighted by molar-refractivity contribution is 0.0705. The highest BCUT2D eigenvalue weighted by molar-refractivity contribution is 6.60. The van der Waals surface area contributed by atoms with E-state index in [1.165, 1.54) is 12.8 Å². The van der Waals surface area contributed by atoms with Gasteiger partial charge >= 0.3 is 8.80 Å². The normalized spacial score (nSPS) is 12.9. The average molecular weight is 483 g/mol. The number of hydrogen-bond acceptors (Lipinski definition) is 9. The van der Waals surface area contributed by atoms with Crippen molar-refractivity contribution < 1.29 is 13.3 Å². The lowest BCUT2D eigenvalue weighted by Gasteiger charge is -2.29. The molecule has 0 spiro atoms. The van der Waals surface area contributed by atoms with Crippen molar-refractivity contribution in [2.24, 2.45) is 0 Å². The number of nitrogens with zero attached hydrogens (tertiary/aromatic N) is 4. The number of aromatic amines is 2. The number of nitrogens with one attached hydrogen (secondary N) is 2. The number of hydrogen-bond donors (Lipinski definition) is 4. The van der Waals surface area contributed by atoms with Crippen LogP contribution >= 0.6 is 0 Å². The summed E-state index contributed by atoms with van der Waals surface area (Å²) in [6.07, 6.45) is 9.56. The van der Waals surface area contributed by atoms with Crippen LogP contribution in [0.2, 0.25) is 6.04 Å². The van der Waals surface area contributed by atoms with Crippen molar-refractivity contribution in [3.8, 4) is 0 Å². The first-order chi connectivity index (χ1) is 16.0. The molecule has 11 nitrogen and oxygen atoms in total. The molecule has 0 aliphatic heterocycles. The van der Waals surface area contributed by atoms with E-state index >= 15 is 0 Å². The molecule has 0 aromatic carbocycles. The van der Waals surface area contributed by atoms with Crippen molar-refractivity contribution in [2.45, 2.75) is 90.5 Å². The van der Waals surface area contributed by atoms with Gasteiger partial charge in [0.2, 0.25) is 11.9 Å². The Bertz CT molecular complexity index is 755. The summed E-state index contributed by atoms with van der Waals surface area (Å²) >= 11 is 0. The predicted octanol–water partition coefficient (Wildman–Crippen LogP) is 3.58. The Kier molecular flexibility index (Phi) is 12.4. The van der Waals surface area contributed by atoms with E-state index in [1.54, 1.807) is 0 Å². The number of rotatable bonds is 19. The highest BCUT2D eigenvalue weighted by atomic mass is 28.4. The van der Waals surface area contributed by atoms with Gasteiger partial charge in [0.1, 0.15) is 11.6 Å². The Labute approximate surface area is 198 Å². The van der Waals surface area contributed by atoms with Gasteiger partial charge in [0.25, 0.3) is 0 Å². The maximum absolute atomic E-state index is 5.99. The van der Waals surface area contributed by atoms with Crippen LogP contribution in [0.3, 0.4) is 0 Å². The third-order valence-electron chi connectivity index (χ3n) is 5.55. The zero-order valence-electron chi connectivity index (χ0n) is 20.4. The van der Waals surface area contributed by atoms with E-state index in [0.717, 1.165) is 62.6 Å². The highest BCUT2D eigenvalue weighted by Crippen LogP contribution is 2.29. The van der Waals surface area contributed by atoms with Crippen LogP contribution in [0.15, 0.2) is 0 Å². The molecule has 0 amide bonds. The van der Waals surface area contributed by atoms with Crippen molar-refractivity contribution in [1.82, 2.24) is 30.4 Å².